The third-order valence-electron chi connectivity index (χ3n) is 6.63. The normalized spacial score (nSPS) is 22.6. The monoisotopic (exact) mass is 386 g/mol. The molecular formula is C20H30N6O2. The first-order valence-corrected chi connectivity index (χ1v) is 10.2. The van der Waals surface area contributed by atoms with Crippen molar-refractivity contribution in [2.24, 2.45) is 11.3 Å². The summed E-state index contributed by atoms with van der Waals surface area (Å²) in [5.74, 6) is 0.243. The van der Waals surface area contributed by atoms with E-state index in [4.69, 9.17) is 0 Å². The van der Waals surface area contributed by atoms with Crippen molar-refractivity contribution in [1.29, 1.82) is 0 Å². The molecule has 2 saturated heterocycles. The van der Waals surface area contributed by atoms with Crippen molar-refractivity contribution >= 4 is 5.91 Å². The lowest BCUT2D eigenvalue weighted by Crippen LogP contribution is -2.55. The predicted molar refractivity (Wildman–Crippen MR) is 104 cm³/mol. The maximum atomic E-state index is 12.7. The van der Waals surface area contributed by atoms with Gasteiger partial charge in [-0.05, 0) is 50.8 Å². The van der Waals surface area contributed by atoms with Gasteiger partial charge in [0.2, 0.25) is 5.91 Å². The van der Waals surface area contributed by atoms with Gasteiger partial charge in [0.25, 0.3) is 0 Å². The van der Waals surface area contributed by atoms with Gasteiger partial charge in [-0.1, -0.05) is 0 Å². The van der Waals surface area contributed by atoms with E-state index < -0.39 is 0 Å². The average molecular weight is 387 g/mol. The molecule has 1 atom stereocenters. The molecule has 2 aliphatic heterocycles. The van der Waals surface area contributed by atoms with Crippen LogP contribution in [0.3, 0.4) is 0 Å². The van der Waals surface area contributed by atoms with Gasteiger partial charge in [0.05, 0.1) is 12.0 Å². The Balaban J connectivity index is 1.34. The maximum Gasteiger partial charge on any atom is 0.244 e. The molecule has 0 aliphatic carbocycles. The van der Waals surface area contributed by atoms with Crippen molar-refractivity contribution in [3.8, 4) is 0 Å². The van der Waals surface area contributed by atoms with Crippen LogP contribution in [0.1, 0.15) is 30.7 Å². The Morgan fingerprint density at radius 2 is 2.11 bits per heavy atom. The summed E-state index contributed by atoms with van der Waals surface area (Å²) in [4.78, 5) is 24.3. The summed E-state index contributed by atoms with van der Waals surface area (Å²) in [6, 6.07) is 1.91. The fourth-order valence-electron chi connectivity index (χ4n) is 4.81. The second-order valence-corrected chi connectivity index (χ2v) is 8.34. The number of carbonyl (C=O) groups is 1. The fraction of sp³-hybridized carbons (Fsp3) is 0.650. The number of aryl methyl sites for hydroxylation is 1. The molecule has 2 fully saturated rings. The van der Waals surface area contributed by atoms with Crippen LogP contribution in [-0.2, 0) is 17.9 Å². The van der Waals surface area contributed by atoms with E-state index in [1.165, 1.54) is 0 Å². The van der Waals surface area contributed by atoms with Gasteiger partial charge in [-0.2, -0.15) is 5.10 Å². The van der Waals surface area contributed by atoms with Crippen LogP contribution in [0.5, 0.6) is 0 Å². The topological polar surface area (TPSA) is 90.3 Å². The van der Waals surface area contributed by atoms with Crippen LogP contribution in [-0.4, -0.2) is 73.3 Å². The second kappa shape index (κ2) is 8.05. The van der Waals surface area contributed by atoms with Crippen LogP contribution in [0, 0.1) is 18.3 Å². The molecular weight excluding hydrogens is 356 g/mol. The fourth-order valence-corrected chi connectivity index (χ4v) is 4.81. The number of aromatic amines is 1. The summed E-state index contributed by atoms with van der Waals surface area (Å²) in [7, 11) is 0. The zero-order valence-electron chi connectivity index (χ0n) is 16.5. The first-order chi connectivity index (χ1) is 13.6. The summed E-state index contributed by atoms with van der Waals surface area (Å²) in [5, 5.41) is 14.4. The number of amides is 1. The first kappa shape index (κ1) is 19.1. The van der Waals surface area contributed by atoms with Gasteiger partial charge in [0.15, 0.2) is 0 Å². The summed E-state index contributed by atoms with van der Waals surface area (Å²) in [6.07, 6.45) is 8.57. The summed E-state index contributed by atoms with van der Waals surface area (Å²) < 4.78 is 1.70. The van der Waals surface area contributed by atoms with E-state index in [0.717, 1.165) is 56.8 Å². The Morgan fingerprint density at radius 1 is 1.32 bits per heavy atom. The van der Waals surface area contributed by atoms with Gasteiger partial charge in [-0.15, -0.1) is 0 Å². The number of H-pyrrole nitrogens is 1. The van der Waals surface area contributed by atoms with E-state index in [1.807, 2.05) is 30.3 Å². The van der Waals surface area contributed by atoms with Gasteiger partial charge in [-0.25, -0.2) is 4.98 Å². The molecule has 0 unspecified atom stereocenters. The molecule has 1 amide bonds. The van der Waals surface area contributed by atoms with E-state index in [-0.39, 0.29) is 30.4 Å². The number of piperidine rings is 2. The minimum absolute atomic E-state index is 0.0908. The number of aromatic nitrogens is 4. The molecule has 1 spiro atoms. The summed E-state index contributed by atoms with van der Waals surface area (Å²) in [5.41, 5.74) is 2.21. The lowest BCUT2D eigenvalue weighted by Gasteiger charge is -2.51. The lowest BCUT2D eigenvalue weighted by atomic mass is 9.64. The van der Waals surface area contributed by atoms with Gasteiger partial charge < -0.3 is 15.0 Å². The molecule has 2 aliphatic rings. The van der Waals surface area contributed by atoms with E-state index in [1.54, 1.807) is 11.0 Å². The molecule has 0 radical (unpaired) electrons. The number of aliphatic hydroxyl groups is 1. The molecule has 152 valence electrons. The van der Waals surface area contributed by atoms with Crippen LogP contribution >= 0.6 is 0 Å². The van der Waals surface area contributed by atoms with E-state index in [2.05, 4.69) is 20.0 Å². The number of nitrogens with zero attached hydrogens (tertiary/aromatic N) is 5. The average Bonchev–Trinajstić information content (AvgIpc) is 3.35. The van der Waals surface area contributed by atoms with Crippen LogP contribution in [0.15, 0.2) is 24.8 Å². The summed E-state index contributed by atoms with van der Waals surface area (Å²) >= 11 is 0. The van der Waals surface area contributed by atoms with Gasteiger partial charge >= 0.3 is 0 Å². The second-order valence-electron chi connectivity index (χ2n) is 8.34. The molecule has 4 heterocycles. The Labute approximate surface area is 165 Å². The molecule has 8 heteroatoms. The Morgan fingerprint density at radius 3 is 2.75 bits per heavy atom. The van der Waals surface area contributed by atoms with Crippen molar-refractivity contribution in [1.82, 2.24) is 29.5 Å². The Kier molecular flexibility index (Phi) is 5.50. The Bertz CT molecular complexity index is 778. The third-order valence-corrected chi connectivity index (χ3v) is 6.63. The molecule has 2 aromatic heterocycles. The van der Waals surface area contributed by atoms with Crippen LogP contribution in [0.25, 0.3) is 0 Å². The summed E-state index contributed by atoms with van der Waals surface area (Å²) in [6.45, 7) is 6.71. The molecule has 0 aromatic carbocycles. The highest BCUT2D eigenvalue weighted by atomic mass is 16.3. The molecule has 0 bridgehead atoms. The van der Waals surface area contributed by atoms with Gasteiger partial charge in [0, 0.05) is 50.2 Å². The highest BCUT2D eigenvalue weighted by Crippen LogP contribution is 2.45. The quantitative estimate of drug-likeness (QED) is 0.801. The van der Waals surface area contributed by atoms with Crippen molar-refractivity contribution in [3.05, 3.63) is 36.2 Å². The zero-order valence-corrected chi connectivity index (χ0v) is 16.5. The van der Waals surface area contributed by atoms with Crippen molar-refractivity contribution in [3.63, 3.8) is 0 Å². The first-order valence-electron chi connectivity index (χ1n) is 10.2. The van der Waals surface area contributed by atoms with Gasteiger partial charge in [0.1, 0.15) is 6.54 Å². The van der Waals surface area contributed by atoms with Crippen molar-refractivity contribution in [2.45, 2.75) is 39.3 Å². The minimum Gasteiger partial charge on any atom is -0.396 e. The number of aliphatic hydroxyl groups excluding tert-OH is 1. The molecule has 2 N–H and O–H groups in total. The number of hydrogen-bond acceptors (Lipinski definition) is 5. The van der Waals surface area contributed by atoms with E-state index in [9.17, 15) is 9.90 Å². The van der Waals surface area contributed by atoms with E-state index in [0.29, 0.717) is 6.54 Å². The molecule has 2 aromatic rings. The van der Waals surface area contributed by atoms with Crippen LogP contribution in [0.2, 0.25) is 0 Å². The highest BCUT2D eigenvalue weighted by Gasteiger charge is 2.45. The number of nitrogens with one attached hydrogen (secondary N) is 1. The number of rotatable bonds is 5. The van der Waals surface area contributed by atoms with Crippen molar-refractivity contribution < 1.29 is 9.90 Å². The largest absolute Gasteiger partial charge is 0.396 e. The maximum absolute atomic E-state index is 12.7. The van der Waals surface area contributed by atoms with Crippen LogP contribution < -0.4 is 0 Å². The van der Waals surface area contributed by atoms with Crippen molar-refractivity contribution in [2.75, 3.05) is 32.8 Å². The zero-order chi connectivity index (χ0) is 19.6. The molecule has 28 heavy (non-hydrogen) atoms. The number of carbonyl (C=O) groups excluding carboxylic acids is 1. The molecule has 8 nitrogen and oxygen atoms in total. The van der Waals surface area contributed by atoms with Gasteiger partial charge in [-0.3, -0.25) is 14.4 Å². The molecule has 0 saturated carbocycles. The predicted octanol–water partition coefficient (Wildman–Crippen LogP) is 1.04. The number of imidazole rings is 1. The highest BCUT2D eigenvalue weighted by molar-refractivity contribution is 5.76. The third kappa shape index (κ3) is 3.98. The number of likely N-dealkylation sites (tertiary alicyclic amines) is 2. The van der Waals surface area contributed by atoms with Crippen LogP contribution in [0.4, 0.5) is 0 Å². The van der Waals surface area contributed by atoms with E-state index >= 15 is 0 Å². The molecule has 4 rings (SSSR count). The number of hydrogen-bond donors (Lipinski definition) is 2. The lowest BCUT2D eigenvalue weighted by molar-refractivity contribution is -0.138. The standard InChI is InChI=1S/C20H30N6O2/c1-16-2-6-26(23-16)13-19(28)25-9-5-20(17(11-25)14-27)3-7-24(8-4-20)12-18-10-21-15-22-18/h2,6,10,15,17,27H,3-5,7-9,11-14H2,1H3,(H,21,22)/t17-/m0/s1. The smallest absolute Gasteiger partial charge is 0.244 e. The minimum atomic E-state index is 0.0908. The SMILES string of the molecule is Cc1ccn(CC(=O)N2CCC3(CCN(Cc4cnc[nH]4)CC3)[C@H](CO)C2)n1. The Hall–Kier alpha value is -2.19.